The molecule has 0 atom stereocenters. The molecule has 0 aliphatic carbocycles. The van der Waals surface area contributed by atoms with E-state index in [2.05, 4.69) is 0 Å². The molecule has 0 unspecified atom stereocenters. The summed E-state index contributed by atoms with van der Waals surface area (Å²) < 4.78 is 0. The van der Waals surface area contributed by atoms with Gasteiger partial charge in [0.1, 0.15) is 0 Å². The molecule has 68 valence electrons. The van der Waals surface area contributed by atoms with E-state index in [1.54, 1.807) is 10.9 Å². The molecule has 12 heavy (non-hydrogen) atoms. The van der Waals surface area contributed by atoms with Crippen molar-refractivity contribution in [2.75, 3.05) is 0 Å². The molecule has 9 nitrogen and oxygen atoms in total. The van der Waals surface area contributed by atoms with E-state index in [9.17, 15) is 14.4 Å². The Bertz CT molecular complexity index is 183. The minimum Gasteiger partial charge on any atom is -0.464 e. The van der Waals surface area contributed by atoms with E-state index in [0.29, 0.717) is 0 Å². The van der Waals surface area contributed by atoms with Gasteiger partial charge in [-0.2, -0.15) is 0 Å². The second-order valence-electron chi connectivity index (χ2n) is 1.44. The lowest BCUT2D eigenvalue weighted by Crippen LogP contribution is -2.51. The van der Waals surface area contributed by atoms with Gasteiger partial charge in [-0.25, -0.2) is 36.1 Å². The highest BCUT2D eigenvalue weighted by Gasteiger charge is 2.01. The topological polar surface area (TPSA) is 140 Å². The summed E-state index contributed by atoms with van der Waals surface area (Å²) in [4.78, 5) is 29.9. The summed E-state index contributed by atoms with van der Waals surface area (Å²) in [5, 5.41) is 15.9. The van der Waals surface area contributed by atoms with E-state index >= 15 is 0 Å². The standard InChI is InChI=1S/C3H6N4O5/c8-1(4-6-2(9)10)5-7-3(11)12/h6-7H,(H,9,10)(H,11,12)(H2,4,5,8). The van der Waals surface area contributed by atoms with Gasteiger partial charge in [0.25, 0.3) is 0 Å². The largest absolute Gasteiger partial charge is 0.464 e. The minimum atomic E-state index is -1.47. The summed E-state index contributed by atoms with van der Waals surface area (Å²) in [5.41, 5.74) is 6.21. The zero-order valence-corrected chi connectivity index (χ0v) is 5.62. The normalized spacial score (nSPS) is 8.00. The number of nitrogens with one attached hydrogen (secondary N) is 4. The maximum Gasteiger partial charge on any atom is 0.423 e. The second kappa shape index (κ2) is 4.60. The Labute approximate surface area is 65.7 Å². The third-order valence-electron chi connectivity index (χ3n) is 0.566. The average Bonchev–Trinajstić information content (AvgIpc) is 1.96. The first-order chi connectivity index (χ1) is 5.52. The summed E-state index contributed by atoms with van der Waals surface area (Å²) in [5.74, 6) is 0. The molecule has 0 heterocycles. The molecular formula is C3H6N4O5. The molecule has 0 saturated heterocycles. The van der Waals surface area contributed by atoms with Crippen molar-refractivity contribution in [1.82, 2.24) is 21.7 Å². The third kappa shape index (κ3) is 5.94. The molecule has 0 radical (unpaired) electrons. The molecule has 0 aromatic heterocycles. The van der Waals surface area contributed by atoms with Crippen molar-refractivity contribution in [3.63, 3.8) is 0 Å². The number of hydrazine groups is 2. The fourth-order valence-corrected chi connectivity index (χ4v) is 0.252. The van der Waals surface area contributed by atoms with E-state index in [4.69, 9.17) is 10.2 Å². The first kappa shape index (κ1) is 9.81. The summed E-state index contributed by atoms with van der Waals surface area (Å²) in [6, 6.07) is -1.04. The molecule has 0 spiro atoms. The van der Waals surface area contributed by atoms with Crippen LogP contribution >= 0.6 is 0 Å². The van der Waals surface area contributed by atoms with Gasteiger partial charge in [0.2, 0.25) is 0 Å². The molecule has 0 saturated carbocycles. The first-order valence-corrected chi connectivity index (χ1v) is 2.56. The van der Waals surface area contributed by atoms with Gasteiger partial charge >= 0.3 is 18.2 Å². The Morgan fingerprint density at radius 3 is 1.33 bits per heavy atom. The van der Waals surface area contributed by atoms with E-state index < -0.39 is 18.2 Å². The molecule has 0 rings (SSSR count). The number of carbonyl (C=O) groups is 3. The van der Waals surface area contributed by atoms with Gasteiger partial charge in [-0.15, -0.1) is 0 Å². The molecule has 0 aliphatic rings. The number of amides is 4. The van der Waals surface area contributed by atoms with Crippen LogP contribution in [0.3, 0.4) is 0 Å². The number of rotatable bonds is 0. The van der Waals surface area contributed by atoms with Crippen LogP contribution < -0.4 is 21.7 Å². The minimum absolute atomic E-state index is 1.04. The van der Waals surface area contributed by atoms with Gasteiger partial charge in [-0.3, -0.25) is 0 Å². The van der Waals surface area contributed by atoms with Gasteiger partial charge in [-0.1, -0.05) is 0 Å². The van der Waals surface area contributed by atoms with Crippen molar-refractivity contribution in [3.8, 4) is 0 Å². The fourth-order valence-electron chi connectivity index (χ4n) is 0.252. The lowest BCUT2D eigenvalue weighted by Gasteiger charge is -2.04. The van der Waals surface area contributed by atoms with Gasteiger partial charge in [0.15, 0.2) is 0 Å². The highest BCUT2D eigenvalue weighted by molar-refractivity contribution is 5.78. The molecule has 0 fully saturated rings. The Morgan fingerprint density at radius 1 is 0.750 bits per heavy atom. The van der Waals surface area contributed by atoms with E-state index in [1.807, 2.05) is 0 Å². The highest BCUT2D eigenvalue weighted by Crippen LogP contribution is 1.59. The van der Waals surface area contributed by atoms with Crippen molar-refractivity contribution >= 4 is 18.2 Å². The van der Waals surface area contributed by atoms with Crippen LogP contribution in [0.4, 0.5) is 14.4 Å². The zero-order chi connectivity index (χ0) is 9.56. The monoisotopic (exact) mass is 178 g/mol. The van der Waals surface area contributed by atoms with Crippen LogP contribution in [0.5, 0.6) is 0 Å². The van der Waals surface area contributed by atoms with Gasteiger partial charge in [0.05, 0.1) is 0 Å². The molecule has 6 N–H and O–H groups in total. The van der Waals surface area contributed by atoms with E-state index in [1.165, 1.54) is 10.9 Å². The molecule has 4 amide bonds. The van der Waals surface area contributed by atoms with E-state index in [0.717, 1.165) is 0 Å². The van der Waals surface area contributed by atoms with E-state index in [-0.39, 0.29) is 0 Å². The predicted octanol–water partition coefficient (Wildman–Crippen LogP) is -1.35. The number of hydrogen-bond donors (Lipinski definition) is 6. The Balaban J connectivity index is 3.47. The molecule has 0 aromatic carbocycles. The van der Waals surface area contributed by atoms with Gasteiger partial charge in [0, 0.05) is 0 Å². The fraction of sp³-hybridized carbons (Fsp3) is 0. The van der Waals surface area contributed by atoms with Crippen LogP contribution in [0.1, 0.15) is 0 Å². The molecule has 9 heteroatoms. The second-order valence-corrected chi connectivity index (χ2v) is 1.44. The lowest BCUT2D eigenvalue weighted by atomic mass is 11.0. The molecular weight excluding hydrogens is 172 g/mol. The Kier molecular flexibility index (Phi) is 3.76. The van der Waals surface area contributed by atoms with Crippen LogP contribution in [-0.2, 0) is 0 Å². The van der Waals surface area contributed by atoms with Gasteiger partial charge in [-0.05, 0) is 0 Å². The van der Waals surface area contributed by atoms with Crippen LogP contribution in [0.15, 0.2) is 0 Å². The van der Waals surface area contributed by atoms with Crippen molar-refractivity contribution in [2.45, 2.75) is 0 Å². The molecule has 0 aliphatic heterocycles. The predicted molar refractivity (Wildman–Crippen MR) is 34.0 cm³/mol. The summed E-state index contributed by atoms with van der Waals surface area (Å²) in [6.07, 6.45) is -2.94. The highest BCUT2D eigenvalue weighted by atomic mass is 16.4. The first-order valence-electron chi connectivity index (χ1n) is 2.56. The summed E-state index contributed by atoms with van der Waals surface area (Å²) in [7, 11) is 0. The molecule has 0 bridgehead atoms. The van der Waals surface area contributed by atoms with Crippen molar-refractivity contribution in [1.29, 1.82) is 0 Å². The number of hydrogen-bond acceptors (Lipinski definition) is 3. The summed E-state index contributed by atoms with van der Waals surface area (Å²) in [6.45, 7) is 0. The lowest BCUT2D eigenvalue weighted by molar-refractivity contribution is 0.181. The quantitative estimate of drug-likeness (QED) is 0.254. The SMILES string of the molecule is O=C(O)NNC(=O)NNC(=O)O. The average molecular weight is 178 g/mol. The Hall–Kier alpha value is -2.19. The Morgan fingerprint density at radius 2 is 1.08 bits per heavy atom. The van der Waals surface area contributed by atoms with Gasteiger partial charge < -0.3 is 10.2 Å². The number of urea groups is 1. The molecule has 0 aromatic rings. The van der Waals surface area contributed by atoms with Crippen molar-refractivity contribution < 1.29 is 24.6 Å². The maximum atomic E-state index is 10.4. The van der Waals surface area contributed by atoms with Crippen LogP contribution in [0, 0.1) is 0 Å². The third-order valence-corrected chi connectivity index (χ3v) is 0.566. The van der Waals surface area contributed by atoms with Crippen molar-refractivity contribution in [2.24, 2.45) is 0 Å². The van der Waals surface area contributed by atoms with Crippen LogP contribution in [-0.4, -0.2) is 28.4 Å². The maximum absolute atomic E-state index is 10.4. The number of carbonyl (C=O) groups excluding carboxylic acids is 1. The van der Waals surface area contributed by atoms with Crippen molar-refractivity contribution in [3.05, 3.63) is 0 Å². The summed E-state index contributed by atoms with van der Waals surface area (Å²) >= 11 is 0. The van der Waals surface area contributed by atoms with Crippen LogP contribution in [0.25, 0.3) is 0 Å². The zero-order valence-electron chi connectivity index (χ0n) is 5.62. The van der Waals surface area contributed by atoms with Crippen LogP contribution in [0.2, 0.25) is 0 Å². The number of carboxylic acid groups (broad SMARTS) is 2. The smallest absolute Gasteiger partial charge is 0.423 e.